The molecular weight excluding hydrogens is 235 g/mol. The van der Waals surface area contributed by atoms with Gasteiger partial charge in [-0.15, -0.1) is 0 Å². The van der Waals surface area contributed by atoms with E-state index in [1.807, 2.05) is 0 Å². The Balaban J connectivity index is 0.000000770. The van der Waals surface area contributed by atoms with Gasteiger partial charge < -0.3 is 4.74 Å². The van der Waals surface area contributed by atoms with Gasteiger partial charge in [0.2, 0.25) is 0 Å². The summed E-state index contributed by atoms with van der Waals surface area (Å²) in [6.45, 7) is 1.68. The number of halogens is 3. The molecule has 0 bridgehead atoms. The highest BCUT2D eigenvalue weighted by atomic mass is 19.4. The van der Waals surface area contributed by atoms with Crippen LogP contribution in [0.5, 0.6) is 0 Å². The topological polar surface area (TPSA) is 39.2 Å². The monoisotopic (exact) mass is 249 g/mol. The smallest absolute Gasteiger partial charge is 0.388 e. The first-order valence-corrected chi connectivity index (χ1v) is 4.82. The molecule has 0 atom stereocenters. The second-order valence-electron chi connectivity index (χ2n) is 3.11. The van der Waals surface area contributed by atoms with Crippen LogP contribution in [0.25, 0.3) is 0 Å². The normalized spacial score (nSPS) is 10.5. The summed E-state index contributed by atoms with van der Waals surface area (Å²) >= 11 is 0. The number of ether oxygens (including phenoxy) is 1. The van der Waals surface area contributed by atoms with E-state index in [1.54, 1.807) is 21.1 Å². The van der Waals surface area contributed by atoms with Crippen LogP contribution in [-0.4, -0.2) is 25.5 Å². The molecule has 0 aliphatic heterocycles. The van der Waals surface area contributed by atoms with E-state index in [9.17, 15) is 18.0 Å². The molecule has 6 heteroatoms. The summed E-state index contributed by atoms with van der Waals surface area (Å²) in [5.41, 5.74) is -1.10. The number of methoxy groups -OCH3 is 1. The van der Waals surface area contributed by atoms with Crippen molar-refractivity contribution in [3.05, 3.63) is 29.1 Å². The van der Waals surface area contributed by atoms with Gasteiger partial charge in [0.05, 0.1) is 0 Å². The minimum Gasteiger partial charge on any atom is -0.388 e. The van der Waals surface area contributed by atoms with Gasteiger partial charge in [0, 0.05) is 26.0 Å². The average molecular weight is 249 g/mol. The first-order chi connectivity index (χ1) is 7.92. The molecule has 0 aliphatic rings. The Bertz CT molecular complexity index is 364. The summed E-state index contributed by atoms with van der Waals surface area (Å²) in [6, 6.07) is 1.42. The van der Waals surface area contributed by atoms with Crippen molar-refractivity contribution < 1.29 is 22.7 Å². The lowest BCUT2D eigenvalue weighted by Crippen LogP contribution is -2.13. The van der Waals surface area contributed by atoms with Crippen molar-refractivity contribution in [3.8, 4) is 0 Å². The highest BCUT2D eigenvalue weighted by Gasteiger charge is 2.35. The van der Waals surface area contributed by atoms with E-state index in [0.29, 0.717) is 12.0 Å². The predicted octanol–water partition coefficient (Wildman–Crippen LogP) is 2.74. The largest absolute Gasteiger partial charge is 0.434 e. The van der Waals surface area contributed by atoms with Crippen LogP contribution in [0.4, 0.5) is 13.2 Å². The summed E-state index contributed by atoms with van der Waals surface area (Å²) in [5, 5.41) is 0. The minimum atomic E-state index is -4.57. The molecular formula is C11H14F3NO2. The Hall–Kier alpha value is -1.43. The number of carbonyl (C=O) groups is 1. The van der Waals surface area contributed by atoms with Crippen LogP contribution >= 0.6 is 0 Å². The zero-order valence-corrected chi connectivity index (χ0v) is 9.84. The lowest BCUT2D eigenvalue weighted by molar-refractivity contribution is -0.141. The van der Waals surface area contributed by atoms with Crippen molar-refractivity contribution in [1.82, 2.24) is 4.98 Å². The van der Waals surface area contributed by atoms with Crippen molar-refractivity contribution in [2.24, 2.45) is 0 Å². The van der Waals surface area contributed by atoms with E-state index in [1.165, 1.54) is 6.07 Å². The Morgan fingerprint density at radius 1 is 1.41 bits per heavy atom. The molecule has 0 N–H and O–H groups in total. The van der Waals surface area contributed by atoms with Crippen molar-refractivity contribution in [2.45, 2.75) is 19.5 Å². The third-order valence-corrected chi connectivity index (χ3v) is 1.85. The number of aromatic nitrogens is 1. The van der Waals surface area contributed by atoms with Crippen LogP contribution in [0, 0.1) is 0 Å². The second-order valence-corrected chi connectivity index (χ2v) is 3.11. The minimum absolute atomic E-state index is 0.203. The fourth-order valence-corrected chi connectivity index (χ4v) is 1.18. The number of nitrogens with zero attached hydrogens (tertiary/aromatic N) is 1. The number of hydrogen-bond acceptors (Lipinski definition) is 3. The number of carbonyl (C=O) groups excluding carboxylic acids is 1. The number of pyridine rings is 1. The van der Waals surface area contributed by atoms with Crippen LogP contribution in [0.3, 0.4) is 0 Å². The molecule has 0 radical (unpaired) electrons. The third-order valence-electron chi connectivity index (χ3n) is 1.85. The first-order valence-electron chi connectivity index (χ1n) is 4.82. The number of aryl methyl sites for hydroxylation is 1. The van der Waals surface area contributed by atoms with E-state index in [4.69, 9.17) is 0 Å². The maximum absolute atomic E-state index is 12.3. The number of rotatable bonds is 2. The Morgan fingerprint density at radius 2 is 1.94 bits per heavy atom. The van der Waals surface area contributed by atoms with Gasteiger partial charge in [0.15, 0.2) is 12.0 Å². The standard InChI is InChI=1S/C9H8F3NO.C2H6O/c1-2-6-3-4-13-8(7(6)5-14)9(10,11)12;1-3-2/h3-5H,2H2,1H3;1-2H3. The van der Waals surface area contributed by atoms with E-state index in [0.717, 1.165) is 6.20 Å². The Morgan fingerprint density at radius 3 is 2.29 bits per heavy atom. The molecule has 0 fully saturated rings. The highest BCUT2D eigenvalue weighted by Crippen LogP contribution is 2.30. The van der Waals surface area contributed by atoms with Crippen molar-refractivity contribution in [1.29, 1.82) is 0 Å². The van der Waals surface area contributed by atoms with Crippen LogP contribution in [0.15, 0.2) is 12.3 Å². The molecule has 0 saturated carbocycles. The maximum Gasteiger partial charge on any atom is 0.434 e. The number of aldehydes is 1. The van der Waals surface area contributed by atoms with Gasteiger partial charge in [0.25, 0.3) is 0 Å². The average Bonchev–Trinajstić information content (AvgIpc) is 2.27. The Labute approximate surface area is 97.6 Å². The van der Waals surface area contributed by atoms with Crippen molar-refractivity contribution >= 4 is 6.29 Å². The number of hydrogen-bond donors (Lipinski definition) is 0. The maximum atomic E-state index is 12.3. The lowest BCUT2D eigenvalue weighted by Gasteiger charge is -2.10. The van der Waals surface area contributed by atoms with Gasteiger partial charge in [0.1, 0.15) is 0 Å². The zero-order valence-electron chi connectivity index (χ0n) is 9.84. The SMILES string of the molecule is CCc1ccnc(C(F)(F)F)c1C=O.COC. The van der Waals surface area contributed by atoms with Crippen LogP contribution in [-0.2, 0) is 17.3 Å². The summed E-state index contributed by atoms with van der Waals surface area (Å²) in [5.74, 6) is 0. The molecule has 96 valence electrons. The Kier molecular flexibility index (Phi) is 6.42. The molecule has 0 amide bonds. The summed E-state index contributed by atoms with van der Waals surface area (Å²) in [4.78, 5) is 13.7. The van der Waals surface area contributed by atoms with Gasteiger partial charge in [-0.05, 0) is 18.1 Å². The van der Waals surface area contributed by atoms with Gasteiger partial charge in [-0.1, -0.05) is 6.92 Å². The van der Waals surface area contributed by atoms with Crippen LogP contribution in [0.2, 0.25) is 0 Å². The molecule has 3 nitrogen and oxygen atoms in total. The fourth-order valence-electron chi connectivity index (χ4n) is 1.18. The van der Waals surface area contributed by atoms with Crippen LogP contribution in [0.1, 0.15) is 28.5 Å². The van der Waals surface area contributed by atoms with Crippen molar-refractivity contribution in [3.63, 3.8) is 0 Å². The predicted molar refractivity (Wildman–Crippen MR) is 56.9 cm³/mol. The summed E-state index contributed by atoms with van der Waals surface area (Å²) in [6.07, 6.45) is -2.93. The van der Waals surface area contributed by atoms with Crippen molar-refractivity contribution in [2.75, 3.05) is 14.2 Å². The zero-order chi connectivity index (χ0) is 13.5. The quantitative estimate of drug-likeness (QED) is 0.756. The third kappa shape index (κ3) is 4.52. The molecule has 1 rings (SSSR count). The second kappa shape index (κ2) is 7.01. The first kappa shape index (κ1) is 15.6. The highest BCUT2D eigenvalue weighted by molar-refractivity contribution is 5.79. The molecule has 1 aromatic rings. The number of alkyl halides is 3. The molecule has 0 aromatic carbocycles. The molecule has 0 saturated heterocycles. The van der Waals surface area contributed by atoms with Gasteiger partial charge in [-0.25, -0.2) is 0 Å². The van der Waals surface area contributed by atoms with Crippen LogP contribution < -0.4 is 0 Å². The molecule has 17 heavy (non-hydrogen) atoms. The van der Waals surface area contributed by atoms with Gasteiger partial charge in [-0.2, -0.15) is 13.2 Å². The molecule has 1 aromatic heterocycles. The van der Waals surface area contributed by atoms with E-state index >= 15 is 0 Å². The summed E-state index contributed by atoms with van der Waals surface area (Å²) < 4.78 is 41.2. The molecule has 1 heterocycles. The van der Waals surface area contributed by atoms with E-state index < -0.39 is 11.9 Å². The molecule has 0 spiro atoms. The fraction of sp³-hybridized carbons (Fsp3) is 0.455. The van der Waals surface area contributed by atoms with Gasteiger partial charge in [-0.3, -0.25) is 9.78 Å². The molecule has 0 aliphatic carbocycles. The van der Waals surface area contributed by atoms with Gasteiger partial charge >= 0.3 is 6.18 Å². The van der Waals surface area contributed by atoms with E-state index in [2.05, 4.69) is 9.72 Å². The summed E-state index contributed by atoms with van der Waals surface area (Å²) in [7, 11) is 3.25. The lowest BCUT2D eigenvalue weighted by atomic mass is 10.1. The molecule has 0 unspecified atom stereocenters. The van der Waals surface area contributed by atoms with E-state index in [-0.39, 0.29) is 11.8 Å².